The van der Waals surface area contributed by atoms with E-state index in [0.717, 1.165) is 45.2 Å². The Bertz CT molecular complexity index is 304. The van der Waals surface area contributed by atoms with Crippen LogP contribution >= 0.6 is 0 Å². The molecule has 1 heterocycles. The lowest BCUT2D eigenvalue weighted by atomic mass is 10.1. The number of aldehydes is 1. The Kier molecular flexibility index (Phi) is 10.7. The van der Waals surface area contributed by atoms with Crippen molar-refractivity contribution in [2.24, 2.45) is 0 Å². The van der Waals surface area contributed by atoms with Gasteiger partial charge in [0.25, 0.3) is 0 Å². The molecule has 5 nitrogen and oxygen atoms in total. The predicted molar refractivity (Wildman–Crippen MR) is 88.0 cm³/mol. The fourth-order valence-corrected chi connectivity index (χ4v) is 2.83. The second-order valence-corrected chi connectivity index (χ2v) is 6.10. The molecule has 0 aromatic heterocycles. The van der Waals surface area contributed by atoms with Gasteiger partial charge in [-0.15, -0.1) is 0 Å². The summed E-state index contributed by atoms with van der Waals surface area (Å²) < 4.78 is 5.47. The summed E-state index contributed by atoms with van der Waals surface area (Å²) in [4.78, 5) is 24.7. The average Bonchev–Trinajstić information content (AvgIpc) is 3.02. The standard InChI is InChI=1S/C17H32N2O3/c1-2-3-4-5-9-16(10-8-15-20)22-17(21)18-11-14-19-12-6-7-13-19/h15-16H,2-14H2,1H3,(H,18,21). The highest BCUT2D eigenvalue weighted by Crippen LogP contribution is 2.13. The third-order valence-electron chi connectivity index (χ3n) is 4.16. The molecule has 128 valence electrons. The van der Waals surface area contributed by atoms with E-state index in [2.05, 4.69) is 17.1 Å². The Morgan fingerprint density at radius 1 is 1.23 bits per heavy atom. The molecule has 1 saturated heterocycles. The van der Waals surface area contributed by atoms with Crippen LogP contribution < -0.4 is 5.32 Å². The molecule has 0 bridgehead atoms. The Morgan fingerprint density at radius 3 is 2.68 bits per heavy atom. The topological polar surface area (TPSA) is 58.6 Å². The normalized spacial score (nSPS) is 16.4. The molecule has 0 radical (unpaired) electrons. The van der Waals surface area contributed by atoms with Crippen molar-refractivity contribution in [2.45, 2.75) is 70.8 Å². The molecule has 0 spiro atoms. The highest BCUT2D eigenvalue weighted by molar-refractivity contribution is 5.67. The first-order valence-corrected chi connectivity index (χ1v) is 8.86. The number of nitrogens with one attached hydrogen (secondary N) is 1. The number of alkyl carbamates (subject to hydrolysis) is 1. The van der Waals surface area contributed by atoms with Gasteiger partial charge in [0.2, 0.25) is 0 Å². The molecule has 1 atom stereocenters. The number of carbonyl (C=O) groups excluding carboxylic acids is 2. The predicted octanol–water partition coefficient (Wildman–Crippen LogP) is 3.13. The summed E-state index contributed by atoms with van der Waals surface area (Å²) in [5.74, 6) is 0. The molecule has 1 amide bonds. The van der Waals surface area contributed by atoms with E-state index in [4.69, 9.17) is 4.74 Å². The van der Waals surface area contributed by atoms with Gasteiger partial charge in [-0.3, -0.25) is 0 Å². The SMILES string of the molecule is CCCCCCC(CCC=O)OC(=O)NCCN1CCCC1. The number of hydrogen-bond acceptors (Lipinski definition) is 4. The molecule has 0 saturated carbocycles. The monoisotopic (exact) mass is 312 g/mol. The van der Waals surface area contributed by atoms with Crippen LogP contribution in [0.1, 0.15) is 64.7 Å². The first-order valence-electron chi connectivity index (χ1n) is 8.86. The molecular weight excluding hydrogens is 280 g/mol. The van der Waals surface area contributed by atoms with E-state index in [1.165, 1.54) is 25.7 Å². The Hall–Kier alpha value is -1.10. The number of rotatable bonds is 12. The Morgan fingerprint density at radius 2 is 2.00 bits per heavy atom. The van der Waals surface area contributed by atoms with Crippen LogP contribution in [0.3, 0.4) is 0 Å². The maximum absolute atomic E-state index is 11.8. The lowest BCUT2D eigenvalue weighted by Gasteiger charge is -2.19. The lowest BCUT2D eigenvalue weighted by molar-refractivity contribution is -0.108. The van der Waals surface area contributed by atoms with Crippen LogP contribution in [0.15, 0.2) is 0 Å². The number of likely N-dealkylation sites (tertiary alicyclic amines) is 1. The van der Waals surface area contributed by atoms with Gasteiger partial charge in [-0.05, 0) is 45.2 Å². The smallest absolute Gasteiger partial charge is 0.407 e. The van der Waals surface area contributed by atoms with Crippen molar-refractivity contribution in [3.05, 3.63) is 0 Å². The summed E-state index contributed by atoms with van der Waals surface area (Å²) in [5.41, 5.74) is 0. The van der Waals surface area contributed by atoms with Gasteiger partial charge >= 0.3 is 6.09 Å². The largest absolute Gasteiger partial charge is 0.446 e. The van der Waals surface area contributed by atoms with Crippen molar-refractivity contribution >= 4 is 12.4 Å². The van der Waals surface area contributed by atoms with Crippen LogP contribution in [0.5, 0.6) is 0 Å². The maximum Gasteiger partial charge on any atom is 0.407 e. The summed E-state index contributed by atoms with van der Waals surface area (Å²) >= 11 is 0. The fraction of sp³-hybridized carbons (Fsp3) is 0.882. The Labute approximate surface area is 134 Å². The van der Waals surface area contributed by atoms with Crippen LogP contribution in [-0.2, 0) is 9.53 Å². The summed E-state index contributed by atoms with van der Waals surface area (Å²) in [6.45, 7) is 5.97. The van der Waals surface area contributed by atoms with Gasteiger partial charge in [-0.1, -0.05) is 26.2 Å². The van der Waals surface area contributed by atoms with E-state index in [0.29, 0.717) is 19.4 Å². The van der Waals surface area contributed by atoms with E-state index in [9.17, 15) is 9.59 Å². The molecule has 22 heavy (non-hydrogen) atoms. The van der Waals surface area contributed by atoms with Gasteiger partial charge < -0.3 is 19.7 Å². The van der Waals surface area contributed by atoms with Gasteiger partial charge in [0.15, 0.2) is 0 Å². The quantitative estimate of drug-likeness (QED) is 0.444. The highest BCUT2D eigenvalue weighted by atomic mass is 16.6. The average molecular weight is 312 g/mol. The highest BCUT2D eigenvalue weighted by Gasteiger charge is 2.15. The van der Waals surface area contributed by atoms with Crippen LogP contribution in [0, 0.1) is 0 Å². The van der Waals surface area contributed by atoms with Gasteiger partial charge in [-0.25, -0.2) is 4.79 Å². The minimum absolute atomic E-state index is 0.131. The van der Waals surface area contributed by atoms with Crippen molar-refractivity contribution in [2.75, 3.05) is 26.2 Å². The second-order valence-electron chi connectivity index (χ2n) is 6.10. The molecule has 1 unspecified atom stereocenters. The molecule has 0 aliphatic carbocycles. The van der Waals surface area contributed by atoms with Gasteiger partial charge in [0.1, 0.15) is 12.4 Å². The number of nitrogens with zero attached hydrogens (tertiary/aromatic N) is 1. The minimum Gasteiger partial charge on any atom is -0.446 e. The zero-order valence-electron chi connectivity index (χ0n) is 14.0. The summed E-state index contributed by atoms with van der Waals surface area (Å²) in [7, 11) is 0. The molecule has 1 aliphatic heterocycles. The fourth-order valence-electron chi connectivity index (χ4n) is 2.83. The zero-order chi connectivity index (χ0) is 16.0. The number of hydrogen-bond donors (Lipinski definition) is 1. The molecule has 0 aromatic rings. The van der Waals surface area contributed by atoms with E-state index < -0.39 is 0 Å². The molecular formula is C17H32N2O3. The Balaban J connectivity index is 2.16. The number of unbranched alkanes of at least 4 members (excludes halogenated alkanes) is 3. The second kappa shape index (κ2) is 12.4. The maximum atomic E-state index is 11.8. The molecule has 1 rings (SSSR count). The summed E-state index contributed by atoms with van der Waals surface area (Å²) in [6, 6.07) is 0. The van der Waals surface area contributed by atoms with Crippen LogP contribution in [0.25, 0.3) is 0 Å². The van der Waals surface area contributed by atoms with Crippen LogP contribution in [0.2, 0.25) is 0 Å². The molecule has 0 aromatic carbocycles. The molecule has 1 N–H and O–H groups in total. The van der Waals surface area contributed by atoms with Gasteiger partial charge in [0.05, 0.1) is 0 Å². The van der Waals surface area contributed by atoms with E-state index in [1.807, 2.05) is 0 Å². The van der Waals surface area contributed by atoms with Crippen LogP contribution in [-0.4, -0.2) is 49.6 Å². The van der Waals surface area contributed by atoms with E-state index in [-0.39, 0.29) is 12.2 Å². The lowest BCUT2D eigenvalue weighted by Crippen LogP contribution is -2.35. The van der Waals surface area contributed by atoms with Crippen molar-refractivity contribution < 1.29 is 14.3 Å². The number of amides is 1. The summed E-state index contributed by atoms with van der Waals surface area (Å²) in [5, 5.41) is 2.83. The summed E-state index contributed by atoms with van der Waals surface area (Å²) in [6.07, 6.45) is 9.51. The van der Waals surface area contributed by atoms with E-state index >= 15 is 0 Å². The van der Waals surface area contributed by atoms with Crippen molar-refractivity contribution in [3.8, 4) is 0 Å². The first kappa shape index (κ1) is 18.9. The molecule has 5 heteroatoms. The number of ether oxygens (including phenoxy) is 1. The zero-order valence-corrected chi connectivity index (χ0v) is 14.0. The van der Waals surface area contributed by atoms with E-state index in [1.54, 1.807) is 0 Å². The van der Waals surface area contributed by atoms with Crippen molar-refractivity contribution in [1.29, 1.82) is 0 Å². The van der Waals surface area contributed by atoms with Crippen molar-refractivity contribution in [3.63, 3.8) is 0 Å². The number of carbonyl (C=O) groups is 2. The van der Waals surface area contributed by atoms with Gasteiger partial charge in [-0.2, -0.15) is 0 Å². The minimum atomic E-state index is -0.342. The molecule has 1 fully saturated rings. The first-order chi connectivity index (χ1) is 10.8. The molecule has 1 aliphatic rings. The third kappa shape index (κ3) is 9.03. The van der Waals surface area contributed by atoms with Crippen molar-refractivity contribution in [1.82, 2.24) is 10.2 Å². The third-order valence-corrected chi connectivity index (χ3v) is 4.16. The van der Waals surface area contributed by atoms with Gasteiger partial charge in [0, 0.05) is 19.5 Å². The van der Waals surface area contributed by atoms with Crippen LogP contribution in [0.4, 0.5) is 4.79 Å².